The first kappa shape index (κ1) is 12.5. The quantitative estimate of drug-likeness (QED) is 0.916. The molecule has 0 spiro atoms. The highest BCUT2D eigenvalue weighted by molar-refractivity contribution is 9.10. The van der Waals surface area contributed by atoms with Gasteiger partial charge in [-0.2, -0.15) is 0 Å². The Labute approximate surface area is 97.2 Å². The molecular weight excluding hydrogens is 263 g/mol. The summed E-state index contributed by atoms with van der Waals surface area (Å²) in [4.78, 5) is 0. The summed E-state index contributed by atoms with van der Waals surface area (Å²) in [6, 6.07) is 4.30. The number of benzene rings is 1. The zero-order valence-electron chi connectivity index (χ0n) is 8.76. The van der Waals surface area contributed by atoms with Crippen molar-refractivity contribution in [2.45, 2.75) is 25.9 Å². The molecule has 0 fully saturated rings. The normalized spacial score (nSPS) is 14.7. The van der Waals surface area contributed by atoms with Gasteiger partial charge in [-0.05, 0) is 25.5 Å². The van der Waals surface area contributed by atoms with Gasteiger partial charge >= 0.3 is 0 Å². The Kier molecular flexibility index (Phi) is 4.11. The van der Waals surface area contributed by atoms with Crippen molar-refractivity contribution in [3.8, 4) is 5.75 Å². The van der Waals surface area contributed by atoms with Crippen molar-refractivity contribution in [2.24, 2.45) is 0 Å². The van der Waals surface area contributed by atoms with E-state index >= 15 is 0 Å². The van der Waals surface area contributed by atoms with Gasteiger partial charge in [0.05, 0.1) is 5.60 Å². The van der Waals surface area contributed by atoms with Crippen molar-refractivity contribution in [1.82, 2.24) is 0 Å². The Morgan fingerprint density at radius 3 is 2.67 bits per heavy atom. The molecule has 0 aliphatic rings. The van der Waals surface area contributed by atoms with E-state index in [-0.39, 0.29) is 12.4 Å². The smallest absolute Gasteiger partial charge is 0.128 e. The van der Waals surface area contributed by atoms with Crippen LogP contribution < -0.4 is 4.74 Å². The molecule has 2 nitrogen and oxygen atoms in total. The fourth-order valence-corrected chi connectivity index (χ4v) is 1.40. The zero-order valence-corrected chi connectivity index (χ0v) is 10.3. The average molecular weight is 277 g/mol. The summed E-state index contributed by atoms with van der Waals surface area (Å²) in [5.74, 6) is 0.0473. The van der Waals surface area contributed by atoms with E-state index in [0.717, 1.165) is 0 Å². The lowest BCUT2D eigenvalue weighted by molar-refractivity contribution is 0.00835. The van der Waals surface area contributed by atoms with Gasteiger partial charge in [0.15, 0.2) is 0 Å². The summed E-state index contributed by atoms with van der Waals surface area (Å²) in [6.07, 6.45) is 0.587. The van der Waals surface area contributed by atoms with E-state index in [4.69, 9.17) is 4.74 Å². The molecule has 0 aromatic heterocycles. The van der Waals surface area contributed by atoms with Crippen molar-refractivity contribution in [1.29, 1.82) is 0 Å². The Morgan fingerprint density at radius 1 is 1.47 bits per heavy atom. The summed E-state index contributed by atoms with van der Waals surface area (Å²) in [6.45, 7) is 3.70. The third kappa shape index (κ3) is 4.18. The molecule has 4 heteroatoms. The molecule has 0 saturated heterocycles. The van der Waals surface area contributed by atoms with Gasteiger partial charge in [0, 0.05) is 10.5 Å². The number of hydrogen-bond donors (Lipinski definition) is 1. The lowest BCUT2D eigenvalue weighted by atomic mass is 10.1. The van der Waals surface area contributed by atoms with E-state index in [1.165, 1.54) is 12.1 Å². The molecule has 0 radical (unpaired) electrons. The van der Waals surface area contributed by atoms with Gasteiger partial charge in [0.2, 0.25) is 0 Å². The van der Waals surface area contributed by atoms with Crippen LogP contribution >= 0.6 is 15.9 Å². The molecule has 1 N–H and O–H groups in total. The Balaban J connectivity index is 2.65. The van der Waals surface area contributed by atoms with Gasteiger partial charge in [-0.3, -0.25) is 0 Å². The molecule has 0 amide bonds. The molecule has 0 saturated carbocycles. The minimum Gasteiger partial charge on any atom is -0.490 e. The molecule has 1 atom stereocenters. The molecular formula is C11H14BrFO2. The van der Waals surface area contributed by atoms with Crippen LogP contribution in [0.1, 0.15) is 20.3 Å². The van der Waals surface area contributed by atoms with Crippen LogP contribution in [0.2, 0.25) is 0 Å². The topological polar surface area (TPSA) is 29.5 Å². The van der Waals surface area contributed by atoms with E-state index < -0.39 is 5.60 Å². The molecule has 1 aromatic rings. The van der Waals surface area contributed by atoms with E-state index in [2.05, 4.69) is 15.9 Å². The van der Waals surface area contributed by atoms with Gasteiger partial charge in [-0.25, -0.2) is 4.39 Å². The molecule has 0 bridgehead atoms. The van der Waals surface area contributed by atoms with Crippen LogP contribution in [0.3, 0.4) is 0 Å². The number of hydrogen-bond acceptors (Lipinski definition) is 2. The number of ether oxygens (including phenoxy) is 1. The summed E-state index contributed by atoms with van der Waals surface area (Å²) in [7, 11) is 0. The maximum Gasteiger partial charge on any atom is 0.128 e. The highest BCUT2D eigenvalue weighted by Gasteiger charge is 2.18. The fraction of sp³-hybridized carbons (Fsp3) is 0.455. The summed E-state index contributed by atoms with van der Waals surface area (Å²) >= 11 is 3.17. The Bertz CT molecular complexity index is 319. The molecule has 1 aromatic carbocycles. The molecule has 84 valence electrons. The van der Waals surface area contributed by atoms with Gasteiger partial charge in [-0.15, -0.1) is 0 Å². The van der Waals surface area contributed by atoms with Crippen LogP contribution in [0.15, 0.2) is 22.7 Å². The predicted molar refractivity (Wildman–Crippen MR) is 60.5 cm³/mol. The third-order valence-corrected chi connectivity index (χ3v) is 2.61. The first-order chi connectivity index (χ1) is 6.93. The molecule has 0 aliphatic heterocycles. The second kappa shape index (κ2) is 4.94. The highest BCUT2D eigenvalue weighted by atomic mass is 79.9. The Hall–Kier alpha value is -0.610. The van der Waals surface area contributed by atoms with Crippen LogP contribution in [-0.2, 0) is 0 Å². The maximum absolute atomic E-state index is 13.0. The van der Waals surface area contributed by atoms with Crippen molar-refractivity contribution < 1.29 is 14.2 Å². The van der Waals surface area contributed by atoms with Crippen molar-refractivity contribution >= 4 is 15.9 Å². The SMILES string of the molecule is CCC(C)(O)COc1cc(F)cc(Br)c1. The van der Waals surface area contributed by atoms with Crippen molar-refractivity contribution in [2.75, 3.05) is 6.61 Å². The lowest BCUT2D eigenvalue weighted by Crippen LogP contribution is -2.31. The summed E-state index contributed by atoms with van der Waals surface area (Å²) in [5, 5.41) is 9.69. The highest BCUT2D eigenvalue weighted by Crippen LogP contribution is 2.21. The van der Waals surface area contributed by atoms with Crippen molar-refractivity contribution in [3.63, 3.8) is 0 Å². The van der Waals surface area contributed by atoms with Gasteiger partial charge in [-0.1, -0.05) is 22.9 Å². The van der Waals surface area contributed by atoms with Gasteiger partial charge in [0.1, 0.15) is 18.2 Å². The second-order valence-corrected chi connectivity index (χ2v) is 4.66. The molecule has 1 unspecified atom stereocenters. The van der Waals surface area contributed by atoms with Crippen LogP contribution in [0, 0.1) is 5.82 Å². The summed E-state index contributed by atoms with van der Waals surface area (Å²) < 4.78 is 18.9. The molecule has 0 heterocycles. The first-order valence-electron chi connectivity index (χ1n) is 4.74. The minimum absolute atomic E-state index is 0.152. The van der Waals surface area contributed by atoms with Crippen LogP contribution in [0.25, 0.3) is 0 Å². The minimum atomic E-state index is -0.876. The maximum atomic E-state index is 13.0. The first-order valence-corrected chi connectivity index (χ1v) is 5.53. The number of halogens is 2. The molecule has 1 rings (SSSR count). The lowest BCUT2D eigenvalue weighted by Gasteiger charge is -2.21. The number of aliphatic hydroxyl groups is 1. The monoisotopic (exact) mass is 276 g/mol. The Morgan fingerprint density at radius 2 is 2.13 bits per heavy atom. The molecule has 15 heavy (non-hydrogen) atoms. The summed E-state index contributed by atoms with van der Waals surface area (Å²) in [5.41, 5.74) is -0.876. The van der Waals surface area contributed by atoms with E-state index in [1.807, 2.05) is 6.92 Å². The number of rotatable bonds is 4. The standard InChI is InChI=1S/C11H14BrFO2/c1-3-11(2,14)7-15-10-5-8(12)4-9(13)6-10/h4-6,14H,3,7H2,1-2H3. The fourth-order valence-electron chi connectivity index (χ4n) is 0.953. The van der Waals surface area contributed by atoms with Gasteiger partial charge < -0.3 is 9.84 Å². The molecule has 0 aliphatic carbocycles. The van der Waals surface area contributed by atoms with Crippen LogP contribution in [0.5, 0.6) is 5.75 Å². The average Bonchev–Trinajstić information content (AvgIpc) is 2.14. The largest absolute Gasteiger partial charge is 0.490 e. The van der Waals surface area contributed by atoms with Crippen LogP contribution in [0.4, 0.5) is 4.39 Å². The predicted octanol–water partition coefficient (Wildman–Crippen LogP) is 3.13. The second-order valence-electron chi connectivity index (χ2n) is 3.74. The van der Waals surface area contributed by atoms with E-state index in [9.17, 15) is 9.50 Å². The zero-order chi connectivity index (χ0) is 11.5. The third-order valence-electron chi connectivity index (χ3n) is 2.15. The van der Waals surface area contributed by atoms with E-state index in [0.29, 0.717) is 16.6 Å². The van der Waals surface area contributed by atoms with E-state index in [1.54, 1.807) is 13.0 Å². The van der Waals surface area contributed by atoms with Crippen molar-refractivity contribution in [3.05, 3.63) is 28.5 Å². The van der Waals surface area contributed by atoms with Gasteiger partial charge in [0.25, 0.3) is 0 Å². The van der Waals surface area contributed by atoms with Crippen LogP contribution in [-0.4, -0.2) is 17.3 Å².